The molecule has 4 rings (SSSR count). The van der Waals surface area contributed by atoms with Crippen LogP contribution in [0.25, 0.3) is 11.1 Å². The molecule has 10 heteroatoms. The van der Waals surface area contributed by atoms with E-state index in [1.54, 1.807) is 24.3 Å². The van der Waals surface area contributed by atoms with Crippen molar-refractivity contribution in [2.45, 2.75) is 11.4 Å². The number of aromatic nitrogens is 1. The van der Waals surface area contributed by atoms with Crippen LogP contribution in [-0.2, 0) is 21.3 Å². The molecule has 0 aliphatic carbocycles. The van der Waals surface area contributed by atoms with Gasteiger partial charge < -0.3 is 13.9 Å². The molecule has 0 amide bonds. The van der Waals surface area contributed by atoms with E-state index in [1.807, 2.05) is 0 Å². The van der Waals surface area contributed by atoms with E-state index in [1.165, 1.54) is 34.2 Å². The van der Waals surface area contributed by atoms with E-state index >= 15 is 0 Å². The molecule has 158 valence electrons. The molecule has 0 saturated carbocycles. The molecule has 0 N–H and O–H groups in total. The minimum atomic E-state index is -3.73. The molecule has 0 bridgehead atoms. The number of benzene rings is 2. The van der Waals surface area contributed by atoms with Crippen molar-refractivity contribution in [1.29, 1.82) is 0 Å². The number of carbonyl (C=O) groups excluding carboxylic acids is 1. The lowest BCUT2D eigenvalue weighted by atomic mass is 10.1. The smallest absolute Gasteiger partial charge is 0.420 e. The second-order valence-electron chi connectivity index (χ2n) is 6.75. The number of morpholine rings is 1. The van der Waals surface area contributed by atoms with Gasteiger partial charge in [0.1, 0.15) is 5.75 Å². The van der Waals surface area contributed by atoms with Crippen LogP contribution in [0.4, 0.5) is 0 Å². The van der Waals surface area contributed by atoms with Gasteiger partial charge in [-0.05, 0) is 36.4 Å². The molecule has 3 aromatic rings. The Bertz CT molecular complexity index is 1240. The van der Waals surface area contributed by atoms with E-state index in [4.69, 9.17) is 13.9 Å². The minimum absolute atomic E-state index is 0.0271. The normalized spacial score (nSPS) is 15.4. The minimum Gasteiger partial charge on any atom is -0.497 e. The Morgan fingerprint density at radius 1 is 1.10 bits per heavy atom. The molecule has 0 atom stereocenters. The highest BCUT2D eigenvalue weighted by atomic mass is 32.2. The van der Waals surface area contributed by atoms with Crippen LogP contribution in [0.5, 0.6) is 5.75 Å². The second kappa shape index (κ2) is 8.05. The molecule has 1 fully saturated rings. The van der Waals surface area contributed by atoms with E-state index in [0.29, 0.717) is 30.0 Å². The van der Waals surface area contributed by atoms with Crippen molar-refractivity contribution in [3.05, 3.63) is 58.6 Å². The van der Waals surface area contributed by atoms with Crippen LogP contribution in [0.3, 0.4) is 0 Å². The summed E-state index contributed by atoms with van der Waals surface area (Å²) in [5.41, 5.74) is 0.878. The number of sulfonamides is 1. The molecule has 1 aliphatic heterocycles. The molecule has 2 aromatic carbocycles. The number of hydrogen-bond donors (Lipinski definition) is 0. The number of ketones is 1. The van der Waals surface area contributed by atoms with Crippen LogP contribution in [0.15, 0.2) is 56.6 Å². The van der Waals surface area contributed by atoms with E-state index in [9.17, 15) is 18.0 Å². The average Bonchev–Trinajstić information content (AvgIpc) is 3.08. The molecule has 0 spiro atoms. The topological polar surface area (TPSA) is 108 Å². The molecular formula is C20H20N2O7S. The third kappa shape index (κ3) is 3.76. The molecule has 9 nitrogen and oxygen atoms in total. The van der Waals surface area contributed by atoms with Crippen molar-refractivity contribution in [3.8, 4) is 5.75 Å². The lowest BCUT2D eigenvalue weighted by molar-refractivity contribution is 0.0730. The number of carbonyl (C=O) groups is 1. The van der Waals surface area contributed by atoms with Gasteiger partial charge in [-0.3, -0.25) is 9.36 Å². The Hall–Kier alpha value is -2.95. The van der Waals surface area contributed by atoms with Gasteiger partial charge >= 0.3 is 5.76 Å². The van der Waals surface area contributed by atoms with Gasteiger partial charge in [0.15, 0.2) is 11.4 Å². The lowest BCUT2D eigenvalue weighted by Gasteiger charge is -2.25. The summed E-state index contributed by atoms with van der Waals surface area (Å²) in [5.74, 6) is -0.397. The van der Waals surface area contributed by atoms with Gasteiger partial charge in [-0.25, -0.2) is 13.2 Å². The maximum absolute atomic E-state index is 12.8. The van der Waals surface area contributed by atoms with Gasteiger partial charge in [-0.2, -0.15) is 4.31 Å². The number of nitrogens with zero attached hydrogens (tertiary/aromatic N) is 2. The van der Waals surface area contributed by atoms with Gasteiger partial charge in [0.05, 0.1) is 37.3 Å². The SMILES string of the molecule is COc1ccc(C(=O)Cn2c(=O)oc3cc(S(=O)(=O)N4CCOCC4)ccc32)cc1. The maximum Gasteiger partial charge on any atom is 0.420 e. The van der Waals surface area contributed by atoms with Crippen molar-refractivity contribution in [2.75, 3.05) is 33.4 Å². The number of ether oxygens (including phenoxy) is 2. The summed E-state index contributed by atoms with van der Waals surface area (Å²) in [7, 11) is -2.20. The number of fused-ring (bicyclic) bond motifs is 1. The number of rotatable bonds is 6. The van der Waals surface area contributed by atoms with Crippen molar-refractivity contribution in [3.63, 3.8) is 0 Å². The summed E-state index contributed by atoms with van der Waals surface area (Å²) in [4.78, 5) is 24.9. The van der Waals surface area contributed by atoms with Crippen molar-refractivity contribution >= 4 is 26.9 Å². The van der Waals surface area contributed by atoms with Gasteiger partial charge in [-0.15, -0.1) is 0 Å². The number of Topliss-reactive ketones (excluding diaryl/α,β-unsaturated/α-hetero) is 1. The highest BCUT2D eigenvalue weighted by Gasteiger charge is 2.27. The van der Waals surface area contributed by atoms with Crippen LogP contribution < -0.4 is 10.5 Å². The van der Waals surface area contributed by atoms with E-state index in [-0.39, 0.29) is 35.9 Å². The molecule has 0 unspecified atom stereocenters. The number of oxazole rings is 1. The van der Waals surface area contributed by atoms with E-state index in [0.717, 1.165) is 0 Å². The fraction of sp³-hybridized carbons (Fsp3) is 0.300. The molecule has 0 radical (unpaired) electrons. The van der Waals surface area contributed by atoms with Crippen molar-refractivity contribution in [2.24, 2.45) is 0 Å². The second-order valence-corrected chi connectivity index (χ2v) is 8.69. The first-order chi connectivity index (χ1) is 14.4. The van der Waals surface area contributed by atoms with Gasteiger partial charge in [0.2, 0.25) is 10.0 Å². The molecule has 30 heavy (non-hydrogen) atoms. The monoisotopic (exact) mass is 432 g/mol. The molecule has 2 heterocycles. The zero-order valence-corrected chi connectivity index (χ0v) is 17.1. The zero-order chi connectivity index (χ0) is 21.3. The van der Waals surface area contributed by atoms with Gasteiger partial charge in [0.25, 0.3) is 0 Å². The Morgan fingerprint density at radius 3 is 2.47 bits per heavy atom. The van der Waals surface area contributed by atoms with E-state index < -0.39 is 15.8 Å². The quantitative estimate of drug-likeness (QED) is 0.543. The molecule has 1 aliphatic rings. The first-order valence-corrected chi connectivity index (χ1v) is 10.7. The highest BCUT2D eigenvalue weighted by molar-refractivity contribution is 7.89. The fourth-order valence-corrected chi connectivity index (χ4v) is 4.73. The highest BCUT2D eigenvalue weighted by Crippen LogP contribution is 2.23. The van der Waals surface area contributed by atoms with Gasteiger partial charge in [0, 0.05) is 24.7 Å². The van der Waals surface area contributed by atoms with Crippen LogP contribution in [0.1, 0.15) is 10.4 Å². The van der Waals surface area contributed by atoms with Gasteiger partial charge in [-0.1, -0.05) is 0 Å². The first-order valence-electron chi connectivity index (χ1n) is 9.29. The predicted octanol–water partition coefficient (Wildman–Crippen LogP) is 1.51. The van der Waals surface area contributed by atoms with Crippen LogP contribution in [0.2, 0.25) is 0 Å². The molecule has 1 saturated heterocycles. The summed E-state index contributed by atoms with van der Waals surface area (Å²) < 4.78 is 43.6. The van der Waals surface area contributed by atoms with Crippen molar-refractivity contribution < 1.29 is 27.1 Å². The van der Waals surface area contributed by atoms with E-state index in [2.05, 4.69) is 0 Å². The van der Waals surface area contributed by atoms with Crippen LogP contribution in [0, 0.1) is 0 Å². The zero-order valence-electron chi connectivity index (χ0n) is 16.2. The third-order valence-electron chi connectivity index (χ3n) is 4.96. The van der Waals surface area contributed by atoms with Crippen molar-refractivity contribution in [1.82, 2.24) is 8.87 Å². The largest absolute Gasteiger partial charge is 0.497 e. The summed E-state index contributed by atoms with van der Waals surface area (Å²) >= 11 is 0. The Labute approximate surface area is 172 Å². The first kappa shape index (κ1) is 20.3. The third-order valence-corrected chi connectivity index (χ3v) is 6.86. The average molecular weight is 432 g/mol. The fourth-order valence-electron chi connectivity index (χ4n) is 3.30. The number of hydrogen-bond acceptors (Lipinski definition) is 7. The molecular weight excluding hydrogens is 412 g/mol. The predicted molar refractivity (Wildman–Crippen MR) is 107 cm³/mol. The Balaban J connectivity index is 1.63. The molecule has 1 aromatic heterocycles. The van der Waals surface area contributed by atoms with Crippen LogP contribution in [-0.4, -0.2) is 56.5 Å². The Morgan fingerprint density at radius 2 is 1.80 bits per heavy atom. The standard InChI is InChI=1S/C20H20N2O7S/c1-27-15-4-2-14(3-5-15)18(23)13-22-17-7-6-16(12-19(17)29-20(22)24)30(25,26)21-8-10-28-11-9-21/h2-7,12H,8-11,13H2,1H3. The summed E-state index contributed by atoms with van der Waals surface area (Å²) in [6.07, 6.45) is 0. The summed E-state index contributed by atoms with van der Waals surface area (Å²) in [5, 5.41) is 0. The van der Waals surface area contributed by atoms with Crippen LogP contribution >= 0.6 is 0 Å². The Kier molecular flexibility index (Phi) is 5.46. The summed E-state index contributed by atoms with van der Waals surface area (Å²) in [6, 6.07) is 10.8. The summed E-state index contributed by atoms with van der Waals surface area (Å²) in [6.45, 7) is 0.970. The maximum atomic E-state index is 12.8. The number of methoxy groups -OCH3 is 1. The lowest BCUT2D eigenvalue weighted by Crippen LogP contribution is -2.40.